The molecule has 1 fully saturated rings. The Balaban J connectivity index is 1.74. The van der Waals surface area contributed by atoms with Crippen molar-refractivity contribution in [2.75, 3.05) is 36.5 Å². The summed E-state index contributed by atoms with van der Waals surface area (Å²) in [5, 5.41) is 3.53. The van der Waals surface area contributed by atoms with Gasteiger partial charge >= 0.3 is 0 Å². The average Bonchev–Trinajstić information content (AvgIpc) is 2.61. The van der Waals surface area contributed by atoms with Crippen molar-refractivity contribution in [2.45, 2.75) is 6.54 Å². The van der Waals surface area contributed by atoms with Gasteiger partial charge in [0.2, 0.25) is 5.91 Å². The summed E-state index contributed by atoms with van der Waals surface area (Å²) in [5.74, 6) is 0.870. The van der Waals surface area contributed by atoms with Crippen molar-refractivity contribution >= 4 is 29.1 Å². The number of halogens is 1. The van der Waals surface area contributed by atoms with E-state index in [0.717, 1.165) is 24.5 Å². The molecule has 3 N–H and O–H groups in total. The van der Waals surface area contributed by atoms with Gasteiger partial charge in [0.05, 0.1) is 23.8 Å². The number of nitrogens with two attached hydrogens (primary N) is 1. The Morgan fingerprint density at radius 1 is 1.38 bits per heavy atom. The molecular weight excluding hydrogens is 330 g/mol. The molecule has 3 heterocycles. The Labute approximate surface area is 144 Å². The van der Waals surface area contributed by atoms with Crippen molar-refractivity contribution in [3.8, 4) is 0 Å². The highest BCUT2D eigenvalue weighted by Crippen LogP contribution is 2.23. The lowest BCUT2D eigenvalue weighted by Gasteiger charge is -2.29. The molecule has 1 amide bonds. The van der Waals surface area contributed by atoms with E-state index in [0.29, 0.717) is 30.6 Å². The van der Waals surface area contributed by atoms with Crippen molar-refractivity contribution in [2.24, 2.45) is 5.73 Å². The zero-order valence-corrected chi connectivity index (χ0v) is 13.8. The second-order valence-electron chi connectivity index (χ2n) is 5.36. The summed E-state index contributed by atoms with van der Waals surface area (Å²) >= 11 is 6.15. The van der Waals surface area contributed by atoms with E-state index in [2.05, 4.69) is 20.2 Å². The minimum Gasteiger partial charge on any atom is -0.378 e. The molecule has 1 aliphatic heterocycles. The van der Waals surface area contributed by atoms with Crippen LogP contribution in [0.3, 0.4) is 0 Å². The fraction of sp³-hybridized carbons (Fsp3) is 0.312. The monoisotopic (exact) mass is 347 g/mol. The number of hydrogen-bond acceptors (Lipinski definition) is 6. The van der Waals surface area contributed by atoms with E-state index in [1.807, 2.05) is 12.1 Å². The molecular formula is C16H18ClN5O2. The summed E-state index contributed by atoms with van der Waals surface area (Å²) in [6, 6.07) is 5.41. The van der Waals surface area contributed by atoms with Crippen LogP contribution in [-0.2, 0) is 11.3 Å². The summed E-state index contributed by atoms with van der Waals surface area (Å²) < 4.78 is 5.39. The van der Waals surface area contributed by atoms with E-state index in [4.69, 9.17) is 22.1 Å². The lowest BCUT2D eigenvalue weighted by Crippen LogP contribution is -2.37. The van der Waals surface area contributed by atoms with E-state index in [-0.39, 0.29) is 5.56 Å². The van der Waals surface area contributed by atoms with Crippen LogP contribution in [0.25, 0.3) is 0 Å². The Kier molecular flexibility index (Phi) is 5.12. The summed E-state index contributed by atoms with van der Waals surface area (Å²) in [5.41, 5.74) is 6.54. The Bertz CT molecular complexity index is 734. The van der Waals surface area contributed by atoms with E-state index in [9.17, 15) is 4.79 Å². The van der Waals surface area contributed by atoms with Crippen LogP contribution in [0.2, 0.25) is 5.02 Å². The van der Waals surface area contributed by atoms with E-state index < -0.39 is 5.91 Å². The van der Waals surface area contributed by atoms with Crippen molar-refractivity contribution in [3.63, 3.8) is 0 Å². The SMILES string of the molecule is NC(=O)c1cnc(NCc2cccnc2N2CCOCC2)c(Cl)c1. The Hall–Kier alpha value is -2.38. The molecule has 0 bridgehead atoms. The van der Waals surface area contributed by atoms with Gasteiger partial charge in [0.1, 0.15) is 11.6 Å². The van der Waals surface area contributed by atoms with Gasteiger partial charge in [-0.25, -0.2) is 9.97 Å². The third-order valence-electron chi connectivity index (χ3n) is 3.75. The van der Waals surface area contributed by atoms with Crippen LogP contribution in [-0.4, -0.2) is 42.2 Å². The molecule has 0 aliphatic carbocycles. The molecule has 3 rings (SSSR count). The van der Waals surface area contributed by atoms with Gasteiger partial charge in [-0.1, -0.05) is 17.7 Å². The van der Waals surface area contributed by atoms with Gasteiger partial charge in [-0.2, -0.15) is 0 Å². The third kappa shape index (κ3) is 3.74. The maximum Gasteiger partial charge on any atom is 0.250 e. The highest BCUT2D eigenvalue weighted by atomic mass is 35.5. The van der Waals surface area contributed by atoms with Crippen molar-refractivity contribution in [1.82, 2.24) is 9.97 Å². The predicted octanol–water partition coefficient (Wildman–Crippen LogP) is 1.68. The lowest BCUT2D eigenvalue weighted by atomic mass is 10.2. The van der Waals surface area contributed by atoms with Crippen LogP contribution in [0.5, 0.6) is 0 Å². The lowest BCUT2D eigenvalue weighted by molar-refractivity contribution is 0.1000. The number of rotatable bonds is 5. The molecule has 0 saturated carbocycles. The average molecular weight is 348 g/mol. The number of nitrogens with one attached hydrogen (secondary N) is 1. The van der Waals surface area contributed by atoms with Crippen LogP contribution in [0.15, 0.2) is 30.6 Å². The normalized spacial score (nSPS) is 14.5. The smallest absolute Gasteiger partial charge is 0.250 e. The molecule has 0 aromatic carbocycles. The summed E-state index contributed by atoms with van der Waals surface area (Å²) in [7, 11) is 0. The van der Waals surface area contributed by atoms with Crippen molar-refractivity contribution < 1.29 is 9.53 Å². The first kappa shape index (κ1) is 16.5. The van der Waals surface area contributed by atoms with E-state index in [1.54, 1.807) is 6.20 Å². The largest absolute Gasteiger partial charge is 0.378 e. The van der Waals surface area contributed by atoms with Crippen molar-refractivity contribution in [3.05, 3.63) is 46.7 Å². The molecule has 0 spiro atoms. The molecule has 24 heavy (non-hydrogen) atoms. The number of nitrogens with zero attached hydrogens (tertiary/aromatic N) is 3. The van der Waals surface area contributed by atoms with Gasteiger partial charge in [-0.3, -0.25) is 4.79 Å². The first-order valence-corrected chi connectivity index (χ1v) is 7.99. The van der Waals surface area contributed by atoms with E-state index >= 15 is 0 Å². The number of pyridine rings is 2. The minimum atomic E-state index is -0.558. The zero-order chi connectivity index (χ0) is 16.9. The second-order valence-corrected chi connectivity index (χ2v) is 5.76. The van der Waals surface area contributed by atoms with Gasteiger partial charge < -0.3 is 20.7 Å². The number of primary amides is 1. The Morgan fingerprint density at radius 3 is 2.88 bits per heavy atom. The van der Waals surface area contributed by atoms with Crippen LogP contribution in [0.4, 0.5) is 11.6 Å². The van der Waals surface area contributed by atoms with Gasteiger partial charge in [-0.15, -0.1) is 0 Å². The first-order chi connectivity index (χ1) is 11.6. The van der Waals surface area contributed by atoms with E-state index in [1.165, 1.54) is 12.3 Å². The van der Waals surface area contributed by atoms with Crippen LogP contribution in [0, 0.1) is 0 Å². The first-order valence-electron chi connectivity index (χ1n) is 7.61. The van der Waals surface area contributed by atoms with Gasteiger partial charge in [0.15, 0.2) is 0 Å². The van der Waals surface area contributed by atoms with Crippen LogP contribution in [0.1, 0.15) is 15.9 Å². The molecule has 8 heteroatoms. The number of morpholine rings is 1. The second kappa shape index (κ2) is 7.46. The van der Waals surface area contributed by atoms with Crippen LogP contribution >= 0.6 is 11.6 Å². The highest BCUT2D eigenvalue weighted by molar-refractivity contribution is 6.33. The molecule has 7 nitrogen and oxygen atoms in total. The maximum absolute atomic E-state index is 11.1. The fourth-order valence-electron chi connectivity index (χ4n) is 2.51. The summed E-state index contributed by atoms with van der Waals surface area (Å²) in [4.78, 5) is 22.0. The van der Waals surface area contributed by atoms with Gasteiger partial charge in [0.25, 0.3) is 0 Å². The summed E-state index contributed by atoms with van der Waals surface area (Å²) in [6.07, 6.45) is 3.18. The Morgan fingerprint density at radius 2 is 2.17 bits per heavy atom. The number of hydrogen-bond donors (Lipinski definition) is 2. The molecule has 0 unspecified atom stereocenters. The number of carbonyl (C=O) groups excluding carboxylic acids is 1. The number of aromatic nitrogens is 2. The number of amides is 1. The third-order valence-corrected chi connectivity index (χ3v) is 4.04. The maximum atomic E-state index is 11.1. The molecule has 2 aromatic rings. The van der Waals surface area contributed by atoms with Gasteiger partial charge in [0, 0.05) is 37.6 Å². The van der Waals surface area contributed by atoms with Crippen molar-refractivity contribution in [1.29, 1.82) is 0 Å². The molecule has 1 aliphatic rings. The topological polar surface area (TPSA) is 93.4 Å². The number of anilines is 2. The fourth-order valence-corrected chi connectivity index (χ4v) is 2.74. The minimum absolute atomic E-state index is 0.279. The standard InChI is InChI=1S/C16H18ClN5O2/c17-13-8-12(14(18)23)10-21-15(13)20-9-11-2-1-3-19-16(11)22-4-6-24-7-5-22/h1-3,8,10H,4-7,9H2,(H2,18,23)(H,20,21). The quantitative estimate of drug-likeness (QED) is 0.854. The van der Waals surface area contributed by atoms with Crippen LogP contribution < -0.4 is 16.0 Å². The zero-order valence-electron chi connectivity index (χ0n) is 13.0. The van der Waals surface area contributed by atoms with Gasteiger partial charge in [-0.05, 0) is 12.1 Å². The molecule has 2 aromatic heterocycles. The highest BCUT2D eigenvalue weighted by Gasteiger charge is 2.16. The molecule has 0 radical (unpaired) electrons. The molecule has 1 saturated heterocycles. The summed E-state index contributed by atoms with van der Waals surface area (Å²) in [6.45, 7) is 3.55. The predicted molar refractivity (Wildman–Crippen MR) is 92.4 cm³/mol. The number of ether oxygens (including phenoxy) is 1. The molecule has 126 valence electrons. The number of carbonyl (C=O) groups is 1. The molecule has 0 atom stereocenters.